The average molecular weight is 736 g/mol. The molecule has 0 aliphatic carbocycles. The first-order valence-corrected chi connectivity index (χ1v) is 21.6. The minimum atomic E-state index is -4.73. The highest BCUT2D eigenvalue weighted by Crippen LogP contribution is 2.43. The van der Waals surface area contributed by atoms with Crippen molar-refractivity contribution in [2.45, 2.75) is 206 Å². The summed E-state index contributed by atoms with van der Waals surface area (Å²) in [6, 6.07) is -1.53. The SMILES string of the molecule is CCCCCCCCCCCCCCCCCCCCCCCCC(=O)OCC(O)COP(=O)(O)OCC(NC(=O)CCCCCC)C(=O)O. The van der Waals surface area contributed by atoms with Crippen molar-refractivity contribution in [3.63, 3.8) is 0 Å². The number of rotatable bonds is 38. The van der Waals surface area contributed by atoms with E-state index in [0.29, 0.717) is 12.8 Å². The molecule has 0 spiro atoms. The number of aliphatic hydroxyl groups is 1. The van der Waals surface area contributed by atoms with E-state index in [4.69, 9.17) is 13.8 Å². The van der Waals surface area contributed by atoms with Gasteiger partial charge in [0, 0.05) is 12.8 Å². The molecular weight excluding hydrogens is 661 g/mol. The fourth-order valence-electron chi connectivity index (χ4n) is 5.73. The molecule has 0 aliphatic heterocycles. The zero-order chi connectivity index (χ0) is 37.1. The number of aliphatic hydroxyl groups excluding tert-OH is 1. The number of carbonyl (C=O) groups is 3. The first kappa shape index (κ1) is 48.5. The molecule has 0 saturated carbocycles. The Kier molecular flexibility index (Phi) is 33.5. The molecule has 0 fully saturated rings. The van der Waals surface area contributed by atoms with E-state index in [2.05, 4.69) is 12.2 Å². The summed E-state index contributed by atoms with van der Waals surface area (Å²) in [4.78, 5) is 45.2. The van der Waals surface area contributed by atoms with Gasteiger partial charge in [0.15, 0.2) is 6.04 Å². The van der Waals surface area contributed by atoms with E-state index in [0.717, 1.165) is 38.5 Å². The summed E-state index contributed by atoms with van der Waals surface area (Å²) in [5.41, 5.74) is 0. The van der Waals surface area contributed by atoms with Gasteiger partial charge in [-0.2, -0.15) is 0 Å². The lowest BCUT2D eigenvalue weighted by Crippen LogP contribution is -2.43. The number of hydrogen-bond acceptors (Lipinski definition) is 8. The normalized spacial score (nSPS) is 13.8. The number of hydrogen-bond donors (Lipinski definition) is 4. The van der Waals surface area contributed by atoms with Gasteiger partial charge in [-0.25, -0.2) is 9.36 Å². The van der Waals surface area contributed by atoms with E-state index in [9.17, 15) is 34.1 Å². The lowest BCUT2D eigenvalue weighted by atomic mass is 10.0. The number of esters is 1. The summed E-state index contributed by atoms with van der Waals surface area (Å²) in [6.07, 6.45) is 30.9. The van der Waals surface area contributed by atoms with Crippen molar-refractivity contribution in [3.05, 3.63) is 0 Å². The van der Waals surface area contributed by atoms with Crippen LogP contribution >= 0.6 is 7.82 Å². The quantitative estimate of drug-likeness (QED) is 0.0272. The van der Waals surface area contributed by atoms with Crippen molar-refractivity contribution in [3.8, 4) is 0 Å². The highest BCUT2D eigenvalue weighted by atomic mass is 31.2. The molecule has 0 radical (unpaired) electrons. The molecule has 3 unspecified atom stereocenters. The van der Waals surface area contributed by atoms with Crippen LogP contribution in [0.25, 0.3) is 0 Å². The summed E-state index contributed by atoms with van der Waals surface area (Å²) >= 11 is 0. The summed E-state index contributed by atoms with van der Waals surface area (Å²) in [5, 5.41) is 21.5. The Morgan fingerprint density at radius 1 is 0.560 bits per heavy atom. The Hall–Kier alpha value is -1.52. The van der Waals surface area contributed by atoms with Gasteiger partial charge < -0.3 is 25.2 Å². The number of phosphoric ester groups is 1. The zero-order valence-electron chi connectivity index (χ0n) is 31.7. The van der Waals surface area contributed by atoms with Gasteiger partial charge in [0.1, 0.15) is 12.7 Å². The minimum absolute atomic E-state index is 0.140. The van der Waals surface area contributed by atoms with Gasteiger partial charge in [-0.3, -0.25) is 18.6 Å². The monoisotopic (exact) mass is 736 g/mol. The van der Waals surface area contributed by atoms with E-state index >= 15 is 0 Å². The third-order valence-electron chi connectivity index (χ3n) is 8.90. The summed E-state index contributed by atoms with van der Waals surface area (Å²) in [5.74, 6) is -2.39. The molecule has 0 aromatic carbocycles. The van der Waals surface area contributed by atoms with Gasteiger partial charge in [0.2, 0.25) is 5.91 Å². The fourth-order valence-corrected chi connectivity index (χ4v) is 6.50. The summed E-state index contributed by atoms with van der Waals surface area (Å²) < 4.78 is 26.5. The maximum atomic E-state index is 12.1. The van der Waals surface area contributed by atoms with Gasteiger partial charge in [0.25, 0.3) is 0 Å². The Labute approximate surface area is 304 Å². The molecule has 3 atom stereocenters. The van der Waals surface area contributed by atoms with Crippen molar-refractivity contribution >= 4 is 25.7 Å². The molecule has 0 bridgehead atoms. The lowest BCUT2D eigenvalue weighted by Gasteiger charge is -2.18. The van der Waals surface area contributed by atoms with Crippen molar-refractivity contribution < 1.29 is 47.8 Å². The molecule has 0 saturated heterocycles. The van der Waals surface area contributed by atoms with Crippen molar-refractivity contribution in [2.75, 3.05) is 19.8 Å². The molecule has 0 rings (SSSR count). The van der Waals surface area contributed by atoms with Gasteiger partial charge in [-0.1, -0.05) is 168 Å². The van der Waals surface area contributed by atoms with Crippen LogP contribution in [0.2, 0.25) is 0 Å². The molecule has 50 heavy (non-hydrogen) atoms. The largest absolute Gasteiger partial charge is 0.480 e. The molecule has 296 valence electrons. The Bertz CT molecular complexity index is 875. The third-order valence-corrected chi connectivity index (χ3v) is 9.85. The number of carboxylic acid groups (broad SMARTS) is 1. The number of unbranched alkanes of at least 4 members (excludes halogenated alkanes) is 24. The second-order valence-corrected chi connectivity index (χ2v) is 15.3. The van der Waals surface area contributed by atoms with Crippen molar-refractivity contribution in [1.82, 2.24) is 5.32 Å². The average Bonchev–Trinajstić information content (AvgIpc) is 3.08. The van der Waals surface area contributed by atoms with Gasteiger partial charge in [-0.15, -0.1) is 0 Å². The van der Waals surface area contributed by atoms with Gasteiger partial charge >= 0.3 is 19.8 Å². The van der Waals surface area contributed by atoms with Crippen molar-refractivity contribution in [1.29, 1.82) is 0 Å². The first-order chi connectivity index (χ1) is 24.1. The Morgan fingerprint density at radius 2 is 0.920 bits per heavy atom. The topological polar surface area (TPSA) is 169 Å². The van der Waals surface area contributed by atoms with Crippen LogP contribution in [0.15, 0.2) is 0 Å². The second-order valence-electron chi connectivity index (χ2n) is 13.8. The number of amides is 1. The Balaban J connectivity index is 3.69. The number of carbonyl (C=O) groups excluding carboxylic acids is 2. The van der Waals surface area contributed by atoms with Gasteiger partial charge in [-0.05, 0) is 12.8 Å². The van der Waals surface area contributed by atoms with Crippen LogP contribution in [0.5, 0.6) is 0 Å². The van der Waals surface area contributed by atoms with Crippen molar-refractivity contribution in [2.24, 2.45) is 0 Å². The number of phosphoric acid groups is 1. The Morgan fingerprint density at radius 3 is 1.34 bits per heavy atom. The van der Waals surface area contributed by atoms with E-state index < -0.39 is 57.6 Å². The highest BCUT2D eigenvalue weighted by Gasteiger charge is 2.28. The second kappa shape index (κ2) is 34.6. The lowest BCUT2D eigenvalue weighted by molar-refractivity contribution is -0.147. The molecule has 12 heteroatoms. The number of aliphatic carboxylic acids is 1. The van der Waals surface area contributed by atoms with Crippen LogP contribution in [-0.2, 0) is 32.7 Å². The molecule has 11 nitrogen and oxygen atoms in total. The zero-order valence-corrected chi connectivity index (χ0v) is 32.6. The summed E-state index contributed by atoms with van der Waals surface area (Å²) in [7, 11) is -4.73. The van der Waals surface area contributed by atoms with E-state index in [-0.39, 0.29) is 12.8 Å². The maximum Gasteiger partial charge on any atom is 0.472 e. The van der Waals surface area contributed by atoms with Crippen LogP contribution in [0.1, 0.15) is 194 Å². The fraction of sp³-hybridized carbons (Fsp3) is 0.921. The molecule has 0 heterocycles. The standard InChI is InChI=1S/C38H74NO10P/c1-3-5-7-9-10-11-12-13-14-15-16-17-18-19-20-21-22-23-24-25-26-28-30-37(42)47-31-34(40)32-48-50(45,46)49-33-35(38(43)44)39-36(41)29-27-8-6-4-2/h34-35,40H,3-33H2,1-2H3,(H,39,41)(H,43,44)(H,45,46). The smallest absolute Gasteiger partial charge is 0.472 e. The van der Waals surface area contributed by atoms with Crippen LogP contribution < -0.4 is 5.32 Å². The van der Waals surface area contributed by atoms with E-state index in [1.807, 2.05) is 6.92 Å². The van der Waals surface area contributed by atoms with E-state index in [1.54, 1.807) is 0 Å². The predicted molar refractivity (Wildman–Crippen MR) is 199 cm³/mol. The highest BCUT2D eigenvalue weighted by molar-refractivity contribution is 7.47. The predicted octanol–water partition coefficient (Wildman–Crippen LogP) is 9.56. The molecular formula is C38H74NO10P. The minimum Gasteiger partial charge on any atom is -0.480 e. The molecule has 0 aliphatic rings. The van der Waals surface area contributed by atoms with Crippen LogP contribution in [0.4, 0.5) is 0 Å². The van der Waals surface area contributed by atoms with Gasteiger partial charge in [0.05, 0.1) is 13.2 Å². The molecule has 4 N–H and O–H groups in total. The van der Waals surface area contributed by atoms with Crippen LogP contribution in [0, 0.1) is 0 Å². The van der Waals surface area contributed by atoms with E-state index in [1.165, 1.54) is 116 Å². The number of carboxylic acids is 1. The molecule has 0 aromatic heterocycles. The molecule has 1 amide bonds. The molecule has 0 aromatic rings. The maximum absolute atomic E-state index is 12.1. The van der Waals surface area contributed by atoms with Crippen LogP contribution in [-0.4, -0.2) is 64.9 Å². The summed E-state index contributed by atoms with van der Waals surface area (Å²) in [6.45, 7) is 2.43. The number of ether oxygens (including phenoxy) is 1. The third kappa shape index (κ3) is 33.6. The number of nitrogens with one attached hydrogen (secondary N) is 1. The first-order valence-electron chi connectivity index (χ1n) is 20.1. The van der Waals surface area contributed by atoms with Crippen LogP contribution in [0.3, 0.4) is 0 Å².